The number of carbonyl (C=O) groups is 1. The maximum absolute atomic E-state index is 12.8. The molecule has 0 bridgehead atoms. The van der Waals surface area contributed by atoms with Crippen LogP contribution >= 0.6 is 0 Å². The summed E-state index contributed by atoms with van der Waals surface area (Å²) in [5, 5.41) is 0. The van der Waals surface area contributed by atoms with Gasteiger partial charge in [-0.1, -0.05) is 6.07 Å². The van der Waals surface area contributed by atoms with Crippen LogP contribution < -0.4 is 4.74 Å². The number of carbonyl (C=O) groups excluding carboxylic acids is 1. The quantitative estimate of drug-likeness (QED) is 0.857. The van der Waals surface area contributed by atoms with E-state index in [2.05, 4.69) is 0 Å². The lowest BCUT2D eigenvalue weighted by Gasteiger charge is -2.55. The number of nitrogens with zero attached hydrogens (tertiary/aromatic N) is 1. The second-order valence-corrected chi connectivity index (χ2v) is 6.46. The van der Waals surface area contributed by atoms with Crippen molar-refractivity contribution < 1.29 is 14.3 Å². The van der Waals surface area contributed by atoms with Crippen molar-refractivity contribution in [1.29, 1.82) is 0 Å². The summed E-state index contributed by atoms with van der Waals surface area (Å²) in [4.78, 5) is 14.8. The summed E-state index contributed by atoms with van der Waals surface area (Å²) in [7, 11) is 1.63. The largest absolute Gasteiger partial charge is 0.497 e. The van der Waals surface area contributed by atoms with Gasteiger partial charge in [-0.05, 0) is 49.8 Å². The van der Waals surface area contributed by atoms with E-state index in [0.717, 1.165) is 31.7 Å². The van der Waals surface area contributed by atoms with E-state index >= 15 is 0 Å². The number of hydrogen-bond acceptors (Lipinski definition) is 3. The molecule has 0 N–H and O–H groups in total. The van der Waals surface area contributed by atoms with Crippen LogP contribution in [-0.2, 0) is 4.74 Å². The molecule has 4 nitrogen and oxygen atoms in total. The SMILES string of the molecule is COc1cccc(C(=O)N2C[C@@]3(CCCO3)[C@H]2C2CC2)c1. The first-order valence-electron chi connectivity index (χ1n) is 7.82. The highest BCUT2D eigenvalue weighted by molar-refractivity contribution is 5.95. The zero-order valence-corrected chi connectivity index (χ0v) is 12.4. The molecule has 112 valence electrons. The fourth-order valence-corrected chi connectivity index (χ4v) is 3.94. The summed E-state index contributed by atoms with van der Waals surface area (Å²) in [5.41, 5.74) is 0.684. The topological polar surface area (TPSA) is 38.8 Å². The van der Waals surface area contributed by atoms with Crippen LogP contribution in [0.4, 0.5) is 0 Å². The van der Waals surface area contributed by atoms with Crippen molar-refractivity contribution in [2.45, 2.75) is 37.3 Å². The monoisotopic (exact) mass is 287 g/mol. The molecule has 0 aromatic heterocycles. The first-order chi connectivity index (χ1) is 10.2. The van der Waals surface area contributed by atoms with Gasteiger partial charge in [0, 0.05) is 12.2 Å². The highest BCUT2D eigenvalue weighted by atomic mass is 16.5. The summed E-state index contributed by atoms with van der Waals surface area (Å²) >= 11 is 0. The van der Waals surface area contributed by atoms with Gasteiger partial charge in [-0.15, -0.1) is 0 Å². The third-order valence-electron chi connectivity index (χ3n) is 5.09. The number of likely N-dealkylation sites (tertiary alicyclic amines) is 1. The number of benzene rings is 1. The molecular formula is C17H21NO3. The lowest BCUT2D eigenvalue weighted by molar-refractivity contribution is -0.149. The molecule has 1 saturated carbocycles. The Hall–Kier alpha value is -1.55. The van der Waals surface area contributed by atoms with Gasteiger partial charge >= 0.3 is 0 Å². The molecule has 2 aliphatic heterocycles. The molecule has 1 amide bonds. The van der Waals surface area contributed by atoms with Gasteiger partial charge in [-0.25, -0.2) is 0 Å². The minimum Gasteiger partial charge on any atom is -0.497 e. The van der Waals surface area contributed by atoms with Crippen LogP contribution in [0.1, 0.15) is 36.0 Å². The Kier molecular flexibility index (Phi) is 2.96. The Morgan fingerprint density at radius 3 is 2.95 bits per heavy atom. The smallest absolute Gasteiger partial charge is 0.254 e. The zero-order valence-electron chi connectivity index (χ0n) is 12.4. The van der Waals surface area contributed by atoms with Gasteiger partial charge in [0.05, 0.1) is 19.7 Å². The Balaban J connectivity index is 1.57. The summed E-state index contributed by atoms with van der Waals surface area (Å²) in [6.07, 6.45) is 4.70. The third kappa shape index (κ3) is 2.04. The lowest BCUT2D eigenvalue weighted by Crippen LogP contribution is -2.71. The summed E-state index contributed by atoms with van der Waals surface area (Å²) in [5.74, 6) is 1.49. The molecule has 1 aromatic carbocycles. The van der Waals surface area contributed by atoms with Gasteiger partial charge in [0.2, 0.25) is 0 Å². The van der Waals surface area contributed by atoms with Crippen LogP contribution in [0, 0.1) is 5.92 Å². The molecular weight excluding hydrogens is 266 g/mol. The van der Waals surface area contributed by atoms with Crippen molar-refractivity contribution >= 4 is 5.91 Å². The van der Waals surface area contributed by atoms with Crippen molar-refractivity contribution in [1.82, 2.24) is 4.90 Å². The summed E-state index contributed by atoms with van der Waals surface area (Å²) in [6, 6.07) is 7.73. The van der Waals surface area contributed by atoms with Crippen molar-refractivity contribution in [3.8, 4) is 5.75 Å². The Labute approximate surface area is 125 Å². The molecule has 0 radical (unpaired) electrons. The van der Waals surface area contributed by atoms with Crippen molar-refractivity contribution in [2.24, 2.45) is 5.92 Å². The van der Waals surface area contributed by atoms with Crippen molar-refractivity contribution in [3.05, 3.63) is 29.8 Å². The number of methoxy groups -OCH3 is 1. The molecule has 1 spiro atoms. The highest BCUT2D eigenvalue weighted by Crippen LogP contribution is 2.51. The molecule has 2 atom stereocenters. The number of rotatable bonds is 3. The van der Waals surface area contributed by atoms with E-state index in [1.807, 2.05) is 29.2 Å². The van der Waals surface area contributed by atoms with Gasteiger partial charge in [0.25, 0.3) is 5.91 Å². The van der Waals surface area contributed by atoms with Crippen LogP contribution in [0.15, 0.2) is 24.3 Å². The van der Waals surface area contributed by atoms with E-state index in [4.69, 9.17) is 9.47 Å². The Morgan fingerprint density at radius 1 is 1.43 bits per heavy atom. The fraction of sp³-hybridized carbons (Fsp3) is 0.588. The minimum absolute atomic E-state index is 0.0321. The van der Waals surface area contributed by atoms with E-state index in [9.17, 15) is 4.79 Å². The standard InChI is InChI=1S/C17H21NO3/c1-20-14-5-2-4-13(10-14)16(19)18-11-17(8-3-9-21-17)15(18)12-6-7-12/h2,4-5,10,12,15H,3,6-9,11H2,1H3/t15-,17+/m1/s1. The number of amides is 1. The summed E-state index contributed by atoms with van der Waals surface area (Å²) < 4.78 is 11.3. The summed E-state index contributed by atoms with van der Waals surface area (Å²) in [6.45, 7) is 1.61. The van der Waals surface area contributed by atoms with Crippen LogP contribution in [0.25, 0.3) is 0 Å². The van der Waals surface area contributed by atoms with Gasteiger partial charge in [-0.3, -0.25) is 4.79 Å². The van der Waals surface area contributed by atoms with Crippen molar-refractivity contribution in [3.63, 3.8) is 0 Å². The predicted molar refractivity (Wildman–Crippen MR) is 78.5 cm³/mol. The maximum Gasteiger partial charge on any atom is 0.254 e. The van der Waals surface area contributed by atoms with Crippen molar-refractivity contribution in [2.75, 3.05) is 20.3 Å². The Bertz CT molecular complexity index is 561. The first-order valence-corrected chi connectivity index (χ1v) is 7.82. The molecule has 3 fully saturated rings. The molecule has 21 heavy (non-hydrogen) atoms. The van der Waals surface area contributed by atoms with Gasteiger partial charge in [0.1, 0.15) is 11.4 Å². The van der Waals surface area contributed by atoms with Gasteiger partial charge < -0.3 is 14.4 Å². The molecule has 2 heterocycles. The normalized spacial score (nSPS) is 31.3. The average molecular weight is 287 g/mol. The molecule has 4 heteroatoms. The lowest BCUT2D eigenvalue weighted by atomic mass is 9.77. The van der Waals surface area contributed by atoms with E-state index in [1.165, 1.54) is 12.8 Å². The number of hydrogen-bond donors (Lipinski definition) is 0. The highest BCUT2D eigenvalue weighted by Gasteiger charge is 2.61. The van der Waals surface area contributed by atoms with Crippen LogP contribution in [0.3, 0.4) is 0 Å². The van der Waals surface area contributed by atoms with E-state index in [0.29, 0.717) is 17.5 Å². The number of ether oxygens (including phenoxy) is 2. The van der Waals surface area contributed by atoms with Gasteiger partial charge in [-0.2, -0.15) is 0 Å². The minimum atomic E-state index is -0.0321. The fourth-order valence-electron chi connectivity index (χ4n) is 3.94. The van der Waals surface area contributed by atoms with Crippen LogP contribution in [-0.4, -0.2) is 42.7 Å². The zero-order chi connectivity index (χ0) is 14.4. The average Bonchev–Trinajstić information content (AvgIpc) is 3.18. The Morgan fingerprint density at radius 2 is 2.29 bits per heavy atom. The van der Waals surface area contributed by atoms with Crippen LogP contribution in [0.5, 0.6) is 5.75 Å². The molecule has 0 unspecified atom stereocenters. The van der Waals surface area contributed by atoms with E-state index < -0.39 is 0 Å². The molecule has 4 rings (SSSR count). The van der Waals surface area contributed by atoms with E-state index in [-0.39, 0.29) is 11.5 Å². The first kappa shape index (κ1) is 13.1. The second kappa shape index (κ2) is 4.73. The van der Waals surface area contributed by atoms with E-state index in [1.54, 1.807) is 7.11 Å². The molecule has 1 aliphatic carbocycles. The third-order valence-corrected chi connectivity index (χ3v) is 5.09. The molecule has 2 saturated heterocycles. The maximum atomic E-state index is 12.8. The van der Waals surface area contributed by atoms with Crippen LogP contribution in [0.2, 0.25) is 0 Å². The molecule has 3 aliphatic rings. The predicted octanol–water partition coefficient (Wildman–Crippen LogP) is 2.48. The second-order valence-electron chi connectivity index (χ2n) is 6.46. The van der Waals surface area contributed by atoms with Gasteiger partial charge in [0.15, 0.2) is 0 Å². The molecule has 1 aromatic rings.